The molecule has 0 amide bonds. The first kappa shape index (κ1) is 12.6. The Labute approximate surface area is 120 Å². The van der Waals surface area contributed by atoms with Gasteiger partial charge in [-0.1, -0.05) is 23.4 Å². The number of ether oxygens (including phenoxy) is 2. The van der Waals surface area contributed by atoms with E-state index in [9.17, 15) is 0 Å². The normalized spacial score (nSPS) is 13.9. The molecule has 0 radical (unpaired) electrons. The van der Waals surface area contributed by atoms with Gasteiger partial charge in [0.15, 0.2) is 11.5 Å². The smallest absolute Gasteiger partial charge is 0.162 e. The number of hydrogen-bond acceptors (Lipinski definition) is 4. The van der Waals surface area contributed by atoms with Gasteiger partial charge in [0, 0.05) is 22.4 Å². The molecule has 0 atom stereocenters. The van der Waals surface area contributed by atoms with Gasteiger partial charge in [-0.25, -0.2) is 4.98 Å². The van der Waals surface area contributed by atoms with Gasteiger partial charge < -0.3 is 9.47 Å². The second-order valence-corrected chi connectivity index (χ2v) is 5.61. The molecule has 3 rings (SSSR count). The third kappa shape index (κ3) is 3.14. The van der Waals surface area contributed by atoms with Crippen molar-refractivity contribution >= 4 is 23.4 Å². The molecule has 0 saturated carbocycles. The zero-order chi connectivity index (χ0) is 13.1. The molecule has 0 spiro atoms. The first-order chi connectivity index (χ1) is 9.31. The van der Waals surface area contributed by atoms with E-state index >= 15 is 0 Å². The molecule has 0 bridgehead atoms. The van der Waals surface area contributed by atoms with Crippen LogP contribution in [0.2, 0.25) is 5.15 Å². The Morgan fingerprint density at radius 3 is 2.63 bits per heavy atom. The van der Waals surface area contributed by atoms with Gasteiger partial charge in [-0.3, -0.25) is 0 Å². The minimum atomic E-state index is 0.499. The van der Waals surface area contributed by atoms with E-state index < -0.39 is 0 Å². The topological polar surface area (TPSA) is 31.4 Å². The quantitative estimate of drug-likeness (QED) is 0.782. The summed E-state index contributed by atoms with van der Waals surface area (Å²) in [6.45, 7) is 1.40. The van der Waals surface area contributed by atoms with Crippen molar-refractivity contribution in [3.05, 3.63) is 41.7 Å². The van der Waals surface area contributed by atoms with Crippen molar-refractivity contribution in [2.24, 2.45) is 0 Å². The van der Waals surface area contributed by atoms with Crippen LogP contribution in [0.5, 0.6) is 11.5 Å². The van der Waals surface area contributed by atoms with Crippen molar-refractivity contribution in [1.82, 2.24) is 4.98 Å². The molecule has 1 aliphatic rings. The Balaban J connectivity index is 1.84. The molecular weight excluding hydrogens is 282 g/mol. The van der Waals surface area contributed by atoms with Crippen molar-refractivity contribution in [3.63, 3.8) is 0 Å². The Morgan fingerprint density at radius 1 is 1.00 bits per heavy atom. The zero-order valence-corrected chi connectivity index (χ0v) is 11.7. The van der Waals surface area contributed by atoms with Gasteiger partial charge in [0.05, 0.1) is 13.2 Å². The molecule has 3 nitrogen and oxygen atoms in total. The third-order valence-corrected chi connectivity index (χ3v) is 3.84. The Kier molecular flexibility index (Phi) is 3.80. The fourth-order valence-corrected chi connectivity index (χ4v) is 2.90. The Hall–Kier alpha value is -1.39. The number of rotatable bonds is 2. The summed E-state index contributed by atoms with van der Waals surface area (Å²) in [4.78, 5) is 6.11. The maximum Gasteiger partial charge on any atom is 0.162 e. The number of nitrogens with zero attached hydrogens (tertiary/aromatic N) is 1. The predicted molar refractivity (Wildman–Crippen MR) is 75.4 cm³/mol. The molecule has 0 aliphatic carbocycles. The largest absolute Gasteiger partial charge is 0.490 e. The van der Waals surface area contributed by atoms with Gasteiger partial charge in [0.1, 0.15) is 5.15 Å². The zero-order valence-electron chi connectivity index (χ0n) is 10.1. The van der Waals surface area contributed by atoms with Crippen LogP contribution in [0.4, 0.5) is 0 Å². The fourth-order valence-electron chi connectivity index (χ4n) is 1.79. The van der Waals surface area contributed by atoms with Crippen LogP contribution in [0.1, 0.15) is 6.42 Å². The average Bonchev–Trinajstić information content (AvgIpc) is 2.63. The van der Waals surface area contributed by atoms with E-state index in [1.807, 2.05) is 30.3 Å². The van der Waals surface area contributed by atoms with Crippen molar-refractivity contribution in [2.45, 2.75) is 16.2 Å². The van der Waals surface area contributed by atoms with E-state index in [0.29, 0.717) is 18.4 Å². The van der Waals surface area contributed by atoms with E-state index in [1.54, 1.807) is 18.0 Å². The van der Waals surface area contributed by atoms with Gasteiger partial charge in [-0.05, 0) is 30.3 Å². The van der Waals surface area contributed by atoms with Crippen LogP contribution >= 0.6 is 23.4 Å². The first-order valence-electron chi connectivity index (χ1n) is 6.00. The Bertz CT molecular complexity index is 591. The van der Waals surface area contributed by atoms with Gasteiger partial charge in [0.25, 0.3) is 0 Å². The summed E-state index contributed by atoms with van der Waals surface area (Å²) >= 11 is 7.50. The lowest BCUT2D eigenvalue weighted by Gasteiger charge is -2.09. The highest BCUT2D eigenvalue weighted by Gasteiger charge is 2.11. The minimum absolute atomic E-state index is 0.499. The summed E-state index contributed by atoms with van der Waals surface area (Å²) in [6.07, 6.45) is 2.62. The lowest BCUT2D eigenvalue weighted by Crippen LogP contribution is -1.97. The molecule has 1 aromatic heterocycles. The summed E-state index contributed by atoms with van der Waals surface area (Å²) < 4.78 is 11.3. The van der Waals surface area contributed by atoms with Gasteiger partial charge >= 0.3 is 0 Å². The SMILES string of the molecule is Clc1cc(Sc2ccc3c(c2)OCCCO3)ccn1. The van der Waals surface area contributed by atoms with Gasteiger partial charge in [-0.2, -0.15) is 0 Å². The number of fused-ring (bicyclic) bond motifs is 1. The molecule has 98 valence electrons. The number of pyridine rings is 1. The highest BCUT2D eigenvalue weighted by molar-refractivity contribution is 7.99. The van der Waals surface area contributed by atoms with Gasteiger partial charge in [-0.15, -0.1) is 0 Å². The molecule has 0 unspecified atom stereocenters. The number of halogens is 1. The molecule has 2 aromatic rings. The van der Waals surface area contributed by atoms with Crippen LogP contribution in [-0.4, -0.2) is 18.2 Å². The summed E-state index contributed by atoms with van der Waals surface area (Å²) in [5, 5.41) is 0.499. The fraction of sp³-hybridized carbons (Fsp3) is 0.214. The van der Waals surface area contributed by atoms with E-state index in [-0.39, 0.29) is 0 Å². The number of hydrogen-bond donors (Lipinski definition) is 0. The molecule has 0 N–H and O–H groups in total. The Morgan fingerprint density at radius 2 is 1.79 bits per heavy atom. The van der Waals surface area contributed by atoms with Crippen molar-refractivity contribution < 1.29 is 9.47 Å². The number of benzene rings is 1. The second kappa shape index (κ2) is 5.72. The molecule has 1 aliphatic heterocycles. The summed E-state index contributed by atoms with van der Waals surface area (Å²) in [5.74, 6) is 1.62. The highest BCUT2D eigenvalue weighted by atomic mass is 35.5. The average molecular weight is 294 g/mol. The van der Waals surface area contributed by atoms with Crippen molar-refractivity contribution in [1.29, 1.82) is 0 Å². The van der Waals surface area contributed by atoms with Crippen LogP contribution in [-0.2, 0) is 0 Å². The summed E-state index contributed by atoms with van der Waals surface area (Å²) in [7, 11) is 0. The molecule has 0 fully saturated rings. The van der Waals surface area contributed by atoms with Crippen LogP contribution in [0, 0.1) is 0 Å². The monoisotopic (exact) mass is 293 g/mol. The molecular formula is C14H12ClNO2S. The molecule has 0 saturated heterocycles. The highest BCUT2D eigenvalue weighted by Crippen LogP contribution is 2.36. The van der Waals surface area contributed by atoms with Crippen LogP contribution in [0.25, 0.3) is 0 Å². The maximum atomic E-state index is 5.88. The first-order valence-corrected chi connectivity index (χ1v) is 7.20. The summed E-state index contributed by atoms with van der Waals surface area (Å²) in [5.41, 5.74) is 0. The lowest BCUT2D eigenvalue weighted by molar-refractivity contribution is 0.297. The van der Waals surface area contributed by atoms with Gasteiger partial charge in [0.2, 0.25) is 0 Å². The van der Waals surface area contributed by atoms with E-state index in [1.165, 1.54) is 0 Å². The second-order valence-electron chi connectivity index (χ2n) is 4.08. The third-order valence-electron chi connectivity index (χ3n) is 2.65. The van der Waals surface area contributed by atoms with Crippen LogP contribution in [0.3, 0.4) is 0 Å². The molecule has 19 heavy (non-hydrogen) atoms. The predicted octanol–water partition coefficient (Wildman–Crippen LogP) is 4.05. The summed E-state index contributed by atoms with van der Waals surface area (Å²) in [6, 6.07) is 9.74. The van der Waals surface area contributed by atoms with Crippen molar-refractivity contribution in [3.8, 4) is 11.5 Å². The van der Waals surface area contributed by atoms with Crippen LogP contribution in [0.15, 0.2) is 46.3 Å². The standard InChI is InChI=1S/C14H12ClNO2S/c15-14-9-11(4-5-16-14)19-10-2-3-12-13(8-10)18-7-1-6-17-12/h2-5,8-9H,1,6-7H2. The lowest BCUT2D eigenvalue weighted by atomic mass is 10.3. The number of aromatic nitrogens is 1. The maximum absolute atomic E-state index is 5.88. The van der Waals surface area contributed by atoms with Crippen molar-refractivity contribution in [2.75, 3.05) is 13.2 Å². The van der Waals surface area contributed by atoms with Crippen LogP contribution < -0.4 is 9.47 Å². The molecule has 2 heterocycles. The van der Waals surface area contributed by atoms with E-state index in [2.05, 4.69) is 4.98 Å². The molecule has 1 aromatic carbocycles. The minimum Gasteiger partial charge on any atom is -0.490 e. The van der Waals surface area contributed by atoms with E-state index in [4.69, 9.17) is 21.1 Å². The molecule has 5 heteroatoms. The van der Waals surface area contributed by atoms with E-state index in [0.717, 1.165) is 27.7 Å².